The Labute approximate surface area is 170 Å². The fourth-order valence-corrected chi connectivity index (χ4v) is 4.00. The second-order valence-electron chi connectivity index (χ2n) is 7.86. The van der Waals surface area contributed by atoms with Gasteiger partial charge >= 0.3 is 6.03 Å². The smallest absolute Gasteiger partial charge is 0.315 e. The number of carbonyl (C=O) groups is 2. The summed E-state index contributed by atoms with van der Waals surface area (Å²) in [5, 5.41) is 19.7. The van der Waals surface area contributed by atoms with Crippen molar-refractivity contribution in [1.82, 2.24) is 15.5 Å². The molecule has 1 aliphatic heterocycles. The molecule has 2 aliphatic rings. The average Bonchev–Trinajstić information content (AvgIpc) is 2.70. The van der Waals surface area contributed by atoms with Gasteiger partial charge in [0, 0.05) is 43.0 Å². The molecule has 1 saturated heterocycles. The van der Waals surface area contributed by atoms with Crippen molar-refractivity contribution < 1.29 is 14.5 Å². The van der Waals surface area contributed by atoms with Gasteiger partial charge in [-0.1, -0.05) is 25.3 Å². The lowest BCUT2D eigenvalue weighted by atomic mass is 9.96. The highest BCUT2D eigenvalue weighted by Gasteiger charge is 2.23. The number of urea groups is 1. The van der Waals surface area contributed by atoms with Gasteiger partial charge in [0.15, 0.2) is 0 Å². The molecule has 3 rings (SSSR count). The third-order valence-corrected chi connectivity index (χ3v) is 5.57. The van der Waals surface area contributed by atoms with Crippen molar-refractivity contribution in [3.63, 3.8) is 0 Å². The standard InChI is InChI=1S/C20H29N5O4/c26-19(21-17-7-4-8-18(13-17)25(28)29)14-24-11-9-16(10-12-24)23-20(27)22-15-5-2-1-3-6-15/h4,7-8,13,15-16H,1-3,5-6,9-12,14H2,(H,21,26)(H2,22,23,27). The summed E-state index contributed by atoms with van der Waals surface area (Å²) in [6, 6.07) is 6.24. The molecule has 0 spiro atoms. The van der Waals surface area contributed by atoms with Crippen LogP contribution in [0.15, 0.2) is 24.3 Å². The molecule has 0 aromatic heterocycles. The normalized spacial score (nSPS) is 18.8. The Bertz CT molecular complexity index is 727. The highest BCUT2D eigenvalue weighted by Crippen LogP contribution is 2.18. The number of piperidine rings is 1. The molecule has 3 N–H and O–H groups in total. The van der Waals surface area contributed by atoms with Gasteiger partial charge in [-0.05, 0) is 31.7 Å². The topological polar surface area (TPSA) is 117 Å². The molecule has 9 nitrogen and oxygen atoms in total. The number of nitrogens with zero attached hydrogens (tertiary/aromatic N) is 2. The summed E-state index contributed by atoms with van der Waals surface area (Å²) in [6.07, 6.45) is 7.33. The number of nitro groups is 1. The van der Waals surface area contributed by atoms with Crippen LogP contribution in [0.25, 0.3) is 0 Å². The number of likely N-dealkylation sites (tertiary alicyclic amines) is 1. The monoisotopic (exact) mass is 403 g/mol. The number of carbonyl (C=O) groups excluding carboxylic acids is 2. The Balaban J connectivity index is 1.37. The van der Waals surface area contributed by atoms with Crippen molar-refractivity contribution in [2.75, 3.05) is 25.0 Å². The van der Waals surface area contributed by atoms with Gasteiger partial charge in [-0.25, -0.2) is 4.79 Å². The average molecular weight is 403 g/mol. The molecule has 3 amide bonds. The molecule has 1 heterocycles. The molecule has 0 radical (unpaired) electrons. The number of amides is 3. The SMILES string of the molecule is O=C(CN1CCC(NC(=O)NC2CCCCC2)CC1)Nc1cccc([N+](=O)[O-])c1. The second kappa shape index (κ2) is 10.2. The molecule has 1 aromatic rings. The quantitative estimate of drug-likeness (QED) is 0.499. The van der Waals surface area contributed by atoms with E-state index < -0.39 is 4.92 Å². The molecule has 0 unspecified atom stereocenters. The first kappa shape index (κ1) is 21.0. The first-order chi connectivity index (χ1) is 14.0. The van der Waals surface area contributed by atoms with Crippen LogP contribution in [0.5, 0.6) is 0 Å². The minimum atomic E-state index is -0.488. The van der Waals surface area contributed by atoms with Crippen molar-refractivity contribution >= 4 is 23.3 Å². The van der Waals surface area contributed by atoms with E-state index in [9.17, 15) is 19.7 Å². The van der Waals surface area contributed by atoms with Crippen LogP contribution >= 0.6 is 0 Å². The van der Waals surface area contributed by atoms with E-state index in [0.29, 0.717) is 11.7 Å². The van der Waals surface area contributed by atoms with E-state index in [2.05, 4.69) is 16.0 Å². The molecule has 158 valence electrons. The van der Waals surface area contributed by atoms with Gasteiger partial charge in [-0.3, -0.25) is 19.8 Å². The second-order valence-corrected chi connectivity index (χ2v) is 7.86. The molecule has 1 saturated carbocycles. The first-order valence-electron chi connectivity index (χ1n) is 10.3. The molecular weight excluding hydrogens is 374 g/mol. The number of rotatable bonds is 6. The highest BCUT2D eigenvalue weighted by molar-refractivity contribution is 5.92. The largest absolute Gasteiger partial charge is 0.335 e. The Morgan fingerprint density at radius 3 is 2.34 bits per heavy atom. The summed E-state index contributed by atoms with van der Waals surface area (Å²) < 4.78 is 0. The van der Waals surface area contributed by atoms with Crippen LogP contribution in [0, 0.1) is 10.1 Å². The predicted octanol–water partition coefficient (Wildman–Crippen LogP) is 2.63. The molecule has 2 fully saturated rings. The number of nitro benzene ring substituents is 1. The zero-order chi connectivity index (χ0) is 20.6. The van der Waals surface area contributed by atoms with Crippen LogP contribution in [0.2, 0.25) is 0 Å². The third kappa shape index (κ3) is 6.70. The summed E-state index contributed by atoms with van der Waals surface area (Å²) in [5.41, 5.74) is 0.362. The maximum absolute atomic E-state index is 12.2. The van der Waals surface area contributed by atoms with Crippen LogP contribution in [-0.4, -0.2) is 53.5 Å². The Hall–Kier alpha value is -2.68. The lowest BCUT2D eigenvalue weighted by Crippen LogP contribution is -2.51. The maximum atomic E-state index is 12.2. The highest BCUT2D eigenvalue weighted by atomic mass is 16.6. The molecule has 0 bridgehead atoms. The molecule has 1 aliphatic carbocycles. The zero-order valence-corrected chi connectivity index (χ0v) is 16.6. The Morgan fingerprint density at radius 2 is 1.69 bits per heavy atom. The van der Waals surface area contributed by atoms with Crippen molar-refractivity contribution in [3.8, 4) is 0 Å². The van der Waals surface area contributed by atoms with Crippen LogP contribution < -0.4 is 16.0 Å². The van der Waals surface area contributed by atoms with Gasteiger partial charge in [-0.2, -0.15) is 0 Å². The number of hydrogen-bond donors (Lipinski definition) is 3. The summed E-state index contributed by atoms with van der Waals surface area (Å²) in [6.45, 7) is 1.66. The summed E-state index contributed by atoms with van der Waals surface area (Å²) in [4.78, 5) is 36.8. The predicted molar refractivity (Wildman–Crippen MR) is 110 cm³/mol. The molecule has 29 heavy (non-hydrogen) atoms. The fourth-order valence-electron chi connectivity index (χ4n) is 4.00. The van der Waals surface area contributed by atoms with Gasteiger partial charge in [0.1, 0.15) is 0 Å². The van der Waals surface area contributed by atoms with E-state index >= 15 is 0 Å². The molecule has 9 heteroatoms. The minimum Gasteiger partial charge on any atom is -0.335 e. The van der Waals surface area contributed by atoms with Crippen LogP contribution in [0.3, 0.4) is 0 Å². The number of non-ortho nitro benzene ring substituents is 1. The summed E-state index contributed by atoms with van der Waals surface area (Å²) in [7, 11) is 0. The number of hydrogen-bond acceptors (Lipinski definition) is 5. The van der Waals surface area contributed by atoms with Gasteiger partial charge in [0.05, 0.1) is 11.5 Å². The number of nitrogens with one attached hydrogen (secondary N) is 3. The van der Waals surface area contributed by atoms with Crippen molar-refractivity contribution in [2.45, 2.75) is 57.0 Å². The number of anilines is 1. The fraction of sp³-hybridized carbons (Fsp3) is 0.600. The molecule has 1 aromatic carbocycles. The molecular formula is C20H29N5O4. The maximum Gasteiger partial charge on any atom is 0.315 e. The lowest BCUT2D eigenvalue weighted by Gasteiger charge is -2.32. The van der Waals surface area contributed by atoms with Crippen LogP contribution in [-0.2, 0) is 4.79 Å². The zero-order valence-electron chi connectivity index (χ0n) is 16.6. The summed E-state index contributed by atoms with van der Waals surface area (Å²) in [5.74, 6) is -0.202. The van der Waals surface area contributed by atoms with Crippen molar-refractivity contribution in [2.24, 2.45) is 0 Å². The molecule has 0 atom stereocenters. The number of benzene rings is 1. The van der Waals surface area contributed by atoms with E-state index in [-0.39, 0.29) is 30.2 Å². The first-order valence-corrected chi connectivity index (χ1v) is 10.3. The van der Waals surface area contributed by atoms with Gasteiger partial charge in [-0.15, -0.1) is 0 Å². The van der Waals surface area contributed by atoms with Crippen LogP contribution in [0.1, 0.15) is 44.9 Å². The lowest BCUT2D eigenvalue weighted by molar-refractivity contribution is -0.384. The van der Waals surface area contributed by atoms with E-state index in [0.717, 1.165) is 38.8 Å². The van der Waals surface area contributed by atoms with E-state index in [1.807, 2.05) is 4.90 Å². The third-order valence-electron chi connectivity index (χ3n) is 5.57. The van der Waals surface area contributed by atoms with Crippen molar-refractivity contribution in [1.29, 1.82) is 0 Å². The van der Waals surface area contributed by atoms with Crippen LogP contribution in [0.4, 0.5) is 16.2 Å². The summed E-state index contributed by atoms with van der Waals surface area (Å²) >= 11 is 0. The minimum absolute atomic E-state index is 0.0545. The Kier molecular flexibility index (Phi) is 7.40. The van der Waals surface area contributed by atoms with Gasteiger partial charge in [0.25, 0.3) is 5.69 Å². The van der Waals surface area contributed by atoms with Gasteiger partial charge < -0.3 is 16.0 Å². The van der Waals surface area contributed by atoms with Crippen molar-refractivity contribution in [3.05, 3.63) is 34.4 Å². The van der Waals surface area contributed by atoms with E-state index in [4.69, 9.17) is 0 Å². The van der Waals surface area contributed by atoms with E-state index in [1.54, 1.807) is 12.1 Å². The Morgan fingerprint density at radius 1 is 1.03 bits per heavy atom. The van der Waals surface area contributed by atoms with Gasteiger partial charge in [0.2, 0.25) is 5.91 Å². The van der Waals surface area contributed by atoms with E-state index in [1.165, 1.54) is 31.4 Å².